The Bertz CT molecular complexity index is 653. The predicted octanol–water partition coefficient (Wildman–Crippen LogP) is 3.99. The van der Waals surface area contributed by atoms with Gasteiger partial charge in [0.15, 0.2) is 5.96 Å². The number of guanidine groups is 1. The number of hydrogen-bond acceptors (Lipinski definition) is 1. The molecule has 0 atom stereocenters. The minimum Gasteiger partial charge on any atom is -0.358 e. The topological polar surface area (TPSA) is 52.2 Å². The molecule has 0 bridgehead atoms. The second kappa shape index (κ2) is 8.57. The first kappa shape index (κ1) is 19.8. The molecule has 0 aliphatic carbocycles. The fourth-order valence-corrected chi connectivity index (χ4v) is 2.60. The van der Waals surface area contributed by atoms with Crippen LogP contribution in [0.1, 0.15) is 39.0 Å². The molecule has 128 valence electrons. The lowest BCUT2D eigenvalue weighted by molar-refractivity contribution is 0.501. The average Bonchev–Trinajstić information content (AvgIpc) is 2.74. The standard InChI is InChI=1S/C18H28N4.HI/c1-6-19-17(22-18(3,4)5)20-12-11-14-13(2)21-16-10-8-7-9-15(14)16;/h7-10,21H,6,11-12H2,1-5H3,(H2,19,20,22);1H. The number of halogens is 1. The molecule has 1 aromatic heterocycles. The number of nitrogens with zero attached hydrogens (tertiary/aromatic N) is 1. The lowest BCUT2D eigenvalue weighted by Gasteiger charge is -2.23. The molecular formula is C18H29IN4. The maximum Gasteiger partial charge on any atom is 0.191 e. The molecule has 23 heavy (non-hydrogen) atoms. The van der Waals surface area contributed by atoms with E-state index in [4.69, 9.17) is 4.99 Å². The van der Waals surface area contributed by atoms with E-state index in [0.717, 1.165) is 25.5 Å². The molecule has 2 aromatic rings. The van der Waals surface area contributed by atoms with Gasteiger partial charge in [-0.3, -0.25) is 4.99 Å². The number of H-pyrrole nitrogens is 1. The molecule has 5 heteroatoms. The van der Waals surface area contributed by atoms with Crippen LogP contribution in [0.5, 0.6) is 0 Å². The third-order valence-corrected chi connectivity index (χ3v) is 3.50. The van der Waals surface area contributed by atoms with Gasteiger partial charge in [-0.15, -0.1) is 24.0 Å². The summed E-state index contributed by atoms with van der Waals surface area (Å²) < 4.78 is 0. The molecule has 0 spiro atoms. The van der Waals surface area contributed by atoms with E-state index >= 15 is 0 Å². The molecule has 0 saturated heterocycles. The van der Waals surface area contributed by atoms with Gasteiger partial charge in [-0.05, 0) is 52.7 Å². The Morgan fingerprint density at radius 1 is 1.22 bits per heavy atom. The van der Waals surface area contributed by atoms with Gasteiger partial charge in [0.25, 0.3) is 0 Å². The highest BCUT2D eigenvalue weighted by molar-refractivity contribution is 14.0. The normalized spacial score (nSPS) is 12.1. The van der Waals surface area contributed by atoms with Gasteiger partial charge >= 0.3 is 0 Å². The van der Waals surface area contributed by atoms with Crippen LogP contribution in [0.4, 0.5) is 0 Å². The van der Waals surface area contributed by atoms with E-state index in [1.54, 1.807) is 0 Å². The third-order valence-electron chi connectivity index (χ3n) is 3.50. The summed E-state index contributed by atoms with van der Waals surface area (Å²) in [6, 6.07) is 8.46. The van der Waals surface area contributed by atoms with E-state index in [1.807, 2.05) is 0 Å². The monoisotopic (exact) mass is 428 g/mol. The minimum absolute atomic E-state index is 0. The van der Waals surface area contributed by atoms with Crippen LogP contribution in [0.15, 0.2) is 29.3 Å². The molecule has 0 saturated carbocycles. The summed E-state index contributed by atoms with van der Waals surface area (Å²) in [7, 11) is 0. The van der Waals surface area contributed by atoms with Gasteiger partial charge in [-0.2, -0.15) is 0 Å². The number of para-hydroxylation sites is 1. The second-order valence-corrected chi connectivity index (χ2v) is 6.66. The molecule has 3 N–H and O–H groups in total. The Balaban J connectivity index is 0.00000264. The van der Waals surface area contributed by atoms with Crippen molar-refractivity contribution in [2.24, 2.45) is 4.99 Å². The zero-order valence-electron chi connectivity index (χ0n) is 14.8. The van der Waals surface area contributed by atoms with Crippen molar-refractivity contribution >= 4 is 40.8 Å². The minimum atomic E-state index is 0. The summed E-state index contributed by atoms with van der Waals surface area (Å²) in [5, 5.41) is 8.03. The largest absolute Gasteiger partial charge is 0.358 e. The summed E-state index contributed by atoms with van der Waals surface area (Å²) >= 11 is 0. The van der Waals surface area contributed by atoms with Crippen LogP contribution >= 0.6 is 24.0 Å². The first-order chi connectivity index (χ1) is 10.4. The number of nitrogens with one attached hydrogen (secondary N) is 3. The van der Waals surface area contributed by atoms with Crippen LogP contribution < -0.4 is 10.6 Å². The van der Waals surface area contributed by atoms with E-state index in [2.05, 4.69) is 74.5 Å². The number of aromatic amines is 1. The molecular weight excluding hydrogens is 399 g/mol. The summed E-state index contributed by atoms with van der Waals surface area (Å²) in [6.45, 7) is 12.3. The van der Waals surface area contributed by atoms with Crippen molar-refractivity contribution in [3.05, 3.63) is 35.5 Å². The van der Waals surface area contributed by atoms with Crippen molar-refractivity contribution < 1.29 is 0 Å². The summed E-state index contributed by atoms with van der Waals surface area (Å²) in [4.78, 5) is 8.15. The van der Waals surface area contributed by atoms with E-state index in [1.165, 1.54) is 22.2 Å². The Morgan fingerprint density at radius 2 is 1.91 bits per heavy atom. The molecule has 0 aliphatic rings. The summed E-state index contributed by atoms with van der Waals surface area (Å²) in [5.41, 5.74) is 3.83. The van der Waals surface area contributed by atoms with Gasteiger partial charge in [-0.25, -0.2) is 0 Å². The van der Waals surface area contributed by atoms with E-state index in [-0.39, 0.29) is 29.5 Å². The number of hydrogen-bond donors (Lipinski definition) is 3. The lowest BCUT2D eigenvalue weighted by atomic mass is 10.1. The second-order valence-electron chi connectivity index (χ2n) is 6.66. The van der Waals surface area contributed by atoms with Crippen molar-refractivity contribution in [3.8, 4) is 0 Å². The van der Waals surface area contributed by atoms with E-state index < -0.39 is 0 Å². The van der Waals surface area contributed by atoms with Crippen molar-refractivity contribution in [1.29, 1.82) is 0 Å². The van der Waals surface area contributed by atoms with Crippen molar-refractivity contribution in [2.75, 3.05) is 13.1 Å². The first-order valence-electron chi connectivity index (χ1n) is 8.03. The predicted molar refractivity (Wildman–Crippen MR) is 111 cm³/mol. The Labute approximate surface area is 156 Å². The van der Waals surface area contributed by atoms with Crippen LogP contribution in [0.2, 0.25) is 0 Å². The number of benzene rings is 1. The average molecular weight is 428 g/mol. The zero-order valence-corrected chi connectivity index (χ0v) is 17.1. The molecule has 0 aliphatic heterocycles. The highest BCUT2D eigenvalue weighted by Gasteiger charge is 2.12. The maximum atomic E-state index is 4.70. The zero-order chi connectivity index (χ0) is 16.2. The lowest BCUT2D eigenvalue weighted by Crippen LogP contribution is -2.47. The van der Waals surface area contributed by atoms with Gasteiger partial charge in [0.05, 0.1) is 0 Å². The van der Waals surface area contributed by atoms with Crippen LogP contribution in [0.3, 0.4) is 0 Å². The molecule has 0 amide bonds. The van der Waals surface area contributed by atoms with Crippen LogP contribution in [-0.4, -0.2) is 29.6 Å². The van der Waals surface area contributed by atoms with Crippen LogP contribution in [0, 0.1) is 6.92 Å². The first-order valence-corrected chi connectivity index (χ1v) is 8.03. The smallest absolute Gasteiger partial charge is 0.191 e. The van der Waals surface area contributed by atoms with E-state index in [9.17, 15) is 0 Å². The van der Waals surface area contributed by atoms with Crippen molar-refractivity contribution in [2.45, 2.75) is 46.6 Å². The molecule has 0 unspecified atom stereocenters. The number of fused-ring (bicyclic) bond motifs is 1. The van der Waals surface area contributed by atoms with Gasteiger partial charge in [0.1, 0.15) is 0 Å². The third kappa shape index (κ3) is 5.71. The maximum absolute atomic E-state index is 4.70. The van der Waals surface area contributed by atoms with Crippen molar-refractivity contribution in [3.63, 3.8) is 0 Å². The Morgan fingerprint density at radius 3 is 2.57 bits per heavy atom. The molecule has 2 rings (SSSR count). The molecule has 4 nitrogen and oxygen atoms in total. The fraction of sp³-hybridized carbons (Fsp3) is 0.500. The molecule has 0 fully saturated rings. The van der Waals surface area contributed by atoms with Gasteiger partial charge < -0.3 is 15.6 Å². The van der Waals surface area contributed by atoms with E-state index in [0.29, 0.717) is 0 Å². The van der Waals surface area contributed by atoms with Gasteiger partial charge in [-0.1, -0.05) is 18.2 Å². The van der Waals surface area contributed by atoms with Crippen molar-refractivity contribution in [1.82, 2.24) is 15.6 Å². The number of rotatable bonds is 4. The highest BCUT2D eigenvalue weighted by Crippen LogP contribution is 2.22. The quantitative estimate of drug-likeness (QED) is 0.392. The fourth-order valence-electron chi connectivity index (χ4n) is 2.60. The SMILES string of the molecule is CCNC(=NCCc1c(C)[nH]c2ccccc12)NC(C)(C)C.I. The molecule has 0 radical (unpaired) electrons. The summed E-state index contributed by atoms with van der Waals surface area (Å²) in [6.07, 6.45) is 0.941. The Hall–Kier alpha value is -1.24. The number of aliphatic imine (C=N–C) groups is 1. The highest BCUT2D eigenvalue weighted by atomic mass is 127. The molecule has 1 heterocycles. The number of aryl methyl sites for hydroxylation is 1. The summed E-state index contributed by atoms with van der Waals surface area (Å²) in [5.74, 6) is 0.882. The van der Waals surface area contributed by atoms with Gasteiger partial charge in [0.2, 0.25) is 0 Å². The van der Waals surface area contributed by atoms with Gasteiger partial charge in [0, 0.05) is 35.2 Å². The molecule has 1 aromatic carbocycles. The Kier molecular flexibility index (Phi) is 7.38. The van der Waals surface area contributed by atoms with Crippen LogP contribution in [-0.2, 0) is 6.42 Å². The van der Waals surface area contributed by atoms with Crippen LogP contribution in [0.25, 0.3) is 10.9 Å². The number of aromatic nitrogens is 1.